The van der Waals surface area contributed by atoms with E-state index in [0.717, 1.165) is 17.7 Å². The van der Waals surface area contributed by atoms with E-state index in [9.17, 15) is 14.7 Å². The number of carbonyl (C=O) groups is 1. The number of hydrogen-bond donors (Lipinski definition) is 1. The monoisotopic (exact) mass is 516 g/mol. The average Bonchev–Trinajstić information content (AvgIpc) is 3.40. The summed E-state index contributed by atoms with van der Waals surface area (Å²) in [4.78, 5) is 25.4. The second kappa shape index (κ2) is 10.9. The van der Waals surface area contributed by atoms with E-state index in [-0.39, 0.29) is 23.3 Å². The molecule has 1 aromatic heterocycles. The van der Waals surface area contributed by atoms with E-state index >= 15 is 0 Å². The van der Waals surface area contributed by atoms with Crippen LogP contribution in [0, 0.1) is 0 Å². The summed E-state index contributed by atoms with van der Waals surface area (Å²) in [5.41, 5.74) is 2.40. The summed E-state index contributed by atoms with van der Waals surface area (Å²) in [5.74, 6) is 0.276. The Balaban J connectivity index is 1.46. The standard InChI is InChI=1S/C30H28O8/c1-34-25-10-8-19(16-26(25)37-13-11-18-7-9-23-20(15-18)12-14-36-23)22(17-27(31)35-2)28-29(32)21-5-3-4-6-24(21)38-30(28)33/h3-10,15-16,22,32H,11-14,17H2,1-2H3/t22-/m0/s1. The van der Waals surface area contributed by atoms with Crippen LogP contribution in [0.15, 0.2) is 69.9 Å². The quantitative estimate of drug-likeness (QED) is 0.251. The average molecular weight is 517 g/mol. The molecule has 4 aromatic rings. The number of methoxy groups -OCH3 is 2. The molecule has 196 valence electrons. The molecule has 0 saturated carbocycles. The maximum atomic E-state index is 13.0. The van der Waals surface area contributed by atoms with Gasteiger partial charge in [0, 0.05) is 18.8 Å². The third kappa shape index (κ3) is 5.02. The van der Waals surface area contributed by atoms with Crippen LogP contribution in [0.4, 0.5) is 0 Å². The van der Waals surface area contributed by atoms with Crippen LogP contribution in [0.25, 0.3) is 11.0 Å². The Kier molecular flexibility index (Phi) is 7.22. The Morgan fingerprint density at radius 1 is 1.05 bits per heavy atom. The molecule has 5 rings (SSSR count). The van der Waals surface area contributed by atoms with Crippen molar-refractivity contribution in [3.05, 3.63) is 93.3 Å². The summed E-state index contributed by atoms with van der Waals surface area (Å²) >= 11 is 0. The van der Waals surface area contributed by atoms with Crippen LogP contribution in [-0.4, -0.2) is 38.5 Å². The lowest BCUT2D eigenvalue weighted by atomic mass is 9.88. The van der Waals surface area contributed by atoms with Gasteiger partial charge in [-0.2, -0.15) is 0 Å². The molecule has 2 heterocycles. The number of rotatable bonds is 9. The Bertz CT molecular complexity index is 1540. The third-order valence-corrected chi connectivity index (χ3v) is 6.76. The molecule has 0 saturated heterocycles. The van der Waals surface area contributed by atoms with Crippen molar-refractivity contribution < 1.29 is 33.3 Å². The second-order valence-corrected chi connectivity index (χ2v) is 9.03. The van der Waals surface area contributed by atoms with Crippen molar-refractivity contribution in [1.29, 1.82) is 0 Å². The van der Waals surface area contributed by atoms with Crippen molar-refractivity contribution in [2.75, 3.05) is 27.4 Å². The van der Waals surface area contributed by atoms with Gasteiger partial charge < -0.3 is 28.5 Å². The van der Waals surface area contributed by atoms with Gasteiger partial charge in [-0.3, -0.25) is 4.79 Å². The SMILES string of the molecule is COC(=O)C[C@@H](c1ccc(OC)c(OCCc2ccc3c(c2)CCO3)c1)c1c(O)c2ccccc2oc1=O. The molecule has 1 atom stereocenters. The number of para-hydroxylation sites is 1. The van der Waals surface area contributed by atoms with Gasteiger partial charge in [-0.05, 0) is 47.0 Å². The van der Waals surface area contributed by atoms with Crippen molar-refractivity contribution >= 4 is 16.9 Å². The molecule has 0 aliphatic carbocycles. The van der Waals surface area contributed by atoms with Gasteiger partial charge in [0.2, 0.25) is 0 Å². The molecule has 3 aromatic carbocycles. The summed E-state index contributed by atoms with van der Waals surface area (Å²) in [5, 5.41) is 11.5. The van der Waals surface area contributed by atoms with E-state index < -0.39 is 17.5 Å². The van der Waals surface area contributed by atoms with E-state index in [1.807, 2.05) is 12.1 Å². The van der Waals surface area contributed by atoms with Gasteiger partial charge >= 0.3 is 11.6 Å². The van der Waals surface area contributed by atoms with Crippen LogP contribution in [-0.2, 0) is 22.4 Å². The number of esters is 1. The smallest absolute Gasteiger partial charge is 0.343 e. The van der Waals surface area contributed by atoms with Crippen LogP contribution in [0.3, 0.4) is 0 Å². The van der Waals surface area contributed by atoms with E-state index in [2.05, 4.69) is 6.07 Å². The normalized spacial score (nSPS) is 13.0. The molecule has 0 bridgehead atoms. The Morgan fingerprint density at radius 2 is 1.89 bits per heavy atom. The molecular formula is C30H28O8. The Labute approximate surface area is 219 Å². The van der Waals surface area contributed by atoms with Crippen molar-refractivity contribution in [2.45, 2.75) is 25.2 Å². The first-order valence-electron chi connectivity index (χ1n) is 12.4. The first-order valence-corrected chi connectivity index (χ1v) is 12.4. The number of hydrogen-bond acceptors (Lipinski definition) is 8. The van der Waals surface area contributed by atoms with Crippen LogP contribution < -0.4 is 19.8 Å². The van der Waals surface area contributed by atoms with E-state index in [0.29, 0.717) is 42.1 Å². The van der Waals surface area contributed by atoms with Crippen molar-refractivity contribution in [2.24, 2.45) is 0 Å². The summed E-state index contributed by atoms with van der Waals surface area (Å²) in [7, 11) is 2.81. The van der Waals surface area contributed by atoms with E-state index in [4.69, 9.17) is 23.4 Å². The lowest BCUT2D eigenvalue weighted by Crippen LogP contribution is -2.18. The predicted octanol–water partition coefficient (Wildman–Crippen LogP) is 4.76. The van der Waals surface area contributed by atoms with Gasteiger partial charge in [0.05, 0.1) is 44.8 Å². The largest absolute Gasteiger partial charge is 0.507 e. The molecule has 8 heteroatoms. The molecule has 0 unspecified atom stereocenters. The summed E-state index contributed by atoms with van der Waals surface area (Å²) in [6, 6.07) is 18.0. The van der Waals surface area contributed by atoms with E-state index in [1.165, 1.54) is 19.8 Å². The minimum atomic E-state index is -0.840. The molecule has 0 fully saturated rings. The minimum Gasteiger partial charge on any atom is -0.507 e. The summed E-state index contributed by atoms with van der Waals surface area (Å²) < 4.78 is 27.5. The highest BCUT2D eigenvalue weighted by molar-refractivity contribution is 5.84. The lowest BCUT2D eigenvalue weighted by Gasteiger charge is -2.19. The van der Waals surface area contributed by atoms with Crippen molar-refractivity contribution in [3.8, 4) is 23.0 Å². The van der Waals surface area contributed by atoms with Gasteiger partial charge in [0.25, 0.3) is 0 Å². The van der Waals surface area contributed by atoms with Crippen LogP contribution in [0.1, 0.15) is 34.6 Å². The molecule has 8 nitrogen and oxygen atoms in total. The topological polar surface area (TPSA) is 104 Å². The molecule has 0 spiro atoms. The molecule has 1 aliphatic heterocycles. The van der Waals surface area contributed by atoms with Crippen molar-refractivity contribution in [3.63, 3.8) is 0 Å². The molecular weight excluding hydrogens is 488 g/mol. The van der Waals surface area contributed by atoms with Gasteiger partial charge in [-0.15, -0.1) is 0 Å². The van der Waals surface area contributed by atoms with Gasteiger partial charge in [-0.25, -0.2) is 4.79 Å². The number of fused-ring (bicyclic) bond motifs is 2. The highest BCUT2D eigenvalue weighted by Gasteiger charge is 2.28. The third-order valence-electron chi connectivity index (χ3n) is 6.76. The van der Waals surface area contributed by atoms with Gasteiger partial charge in [-0.1, -0.05) is 30.3 Å². The predicted molar refractivity (Wildman–Crippen MR) is 140 cm³/mol. The van der Waals surface area contributed by atoms with Crippen molar-refractivity contribution in [1.82, 2.24) is 0 Å². The number of aromatic hydroxyl groups is 1. The first kappa shape index (κ1) is 25.2. The second-order valence-electron chi connectivity index (χ2n) is 9.03. The van der Waals surface area contributed by atoms with Gasteiger partial charge in [0.1, 0.15) is 17.1 Å². The lowest BCUT2D eigenvalue weighted by molar-refractivity contribution is -0.140. The highest BCUT2D eigenvalue weighted by Crippen LogP contribution is 2.39. The first-order chi connectivity index (χ1) is 18.5. The zero-order valence-electron chi connectivity index (χ0n) is 21.2. The fourth-order valence-electron chi connectivity index (χ4n) is 4.79. The Morgan fingerprint density at radius 3 is 2.71 bits per heavy atom. The van der Waals surface area contributed by atoms with Crippen LogP contribution in [0.2, 0.25) is 0 Å². The zero-order valence-corrected chi connectivity index (χ0v) is 21.2. The minimum absolute atomic E-state index is 0.0226. The molecule has 38 heavy (non-hydrogen) atoms. The Hall–Kier alpha value is -4.46. The fraction of sp³-hybridized carbons (Fsp3) is 0.267. The van der Waals surface area contributed by atoms with E-state index in [1.54, 1.807) is 42.5 Å². The van der Waals surface area contributed by atoms with Crippen LogP contribution >= 0.6 is 0 Å². The number of benzene rings is 3. The summed E-state index contributed by atoms with van der Waals surface area (Å²) in [6.07, 6.45) is 1.38. The molecule has 1 aliphatic rings. The highest BCUT2D eigenvalue weighted by atomic mass is 16.5. The number of ether oxygens (including phenoxy) is 4. The fourth-order valence-corrected chi connectivity index (χ4v) is 4.79. The van der Waals surface area contributed by atoms with Gasteiger partial charge in [0.15, 0.2) is 11.5 Å². The summed E-state index contributed by atoms with van der Waals surface area (Å²) in [6.45, 7) is 1.08. The molecule has 1 N–H and O–H groups in total. The maximum Gasteiger partial charge on any atom is 0.343 e. The number of carbonyl (C=O) groups excluding carboxylic acids is 1. The maximum absolute atomic E-state index is 13.0. The molecule has 0 amide bonds. The van der Waals surface area contributed by atoms with Crippen LogP contribution in [0.5, 0.6) is 23.0 Å². The molecule has 0 radical (unpaired) electrons. The zero-order chi connectivity index (χ0) is 26.6.